The molecule has 1 amide bonds. The van der Waals surface area contributed by atoms with Crippen LogP contribution in [0.15, 0.2) is 24.3 Å². The Balaban J connectivity index is 2.71. The molecule has 0 fully saturated rings. The number of nitrogens with zero attached hydrogens (tertiary/aromatic N) is 1. The molecule has 1 aromatic carbocycles. The van der Waals surface area contributed by atoms with Crippen LogP contribution in [-0.4, -0.2) is 23.9 Å². The first kappa shape index (κ1) is 13.7. The summed E-state index contributed by atoms with van der Waals surface area (Å²) in [6.45, 7) is 7.75. The summed E-state index contributed by atoms with van der Waals surface area (Å²) in [6.07, 6.45) is 0. The molecule has 0 heterocycles. The molecule has 0 spiro atoms. The molecule has 0 saturated heterocycles. The summed E-state index contributed by atoms with van der Waals surface area (Å²) in [5.74, 6) is 0.468. The lowest BCUT2D eigenvalue weighted by Gasteiger charge is -2.24. The summed E-state index contributed by atoms with van der Waals surface area (Å²) in [6, 6.07) is 8.25. The molecule has 0 aliphatic rings. The van der Waals surface area contributed by atoms with Crippen LogP contribution < -0.4 is 5.73 Å². The lowest BCUT2D eigenvalue weighted by atomic mass is 10.1. The molecule has 0 radical (unpaired) electrons. The zero-order valence-electron chi connectivity index (χ0n) is 10.9. The number of aryl methyl sites for hydroxylation is 1. The molecule has 17 heavy (non-hydrogen) atoms. The van der Waals surface area contributed by atoms with Crippen LogP contribution >= 0.6 is 0 Å². The van der Waals surface area contributed by atoms with Gasteiger partial charge in [-0.25, -0.2) is 0 Å². The molecule has 1 rings (SSSR count). The molecule has 0 aromatic heterocycles. The summed E-state index contributed by atoms with van der Waals surface area (Å²) in [7, 11) is 0. The summed E-state index contributed by atoms with van der Waals surface area (Å²) in [5.41, 5.74) is 7.82. The minimum atomic E-state index is 0.0132. The van der Waals surface area contributed by atoms with Crippen LogP contribution in [0.25, 0.3) is 0 Å². The fourth-order valence-corrected chi connectivity index (χ4v) is 1.74. The third-order valence-corrected chi connectivity index (χ3v) is 2.61. The van der Waals surface area contributed by atoms with Crippen molar-refractivity contribution in [1.82, 2.24) is 4.90 Å². The predicted molar refractivity (Wildman–Crippen MR) is 70.5 cm³/mol. The van der Waals surface area contributed by atoms with E-state index < -0.39 is 0 Å². The van der Waals surface area contributed by atoms with E-state index in [0.29, 0.717) is 12.5 Å². The SMILES string of the molecule is Cc1ccc(CN(CC(C)C)C(=O)CN)cc1. The standard InChI is InChI=1S/C14H22N2O/c1-11(2)9-16(14(17)8-15)10-13-6-4-12(3)5-7-13/h4-7,11H,8-10,15H2,1-3H3. The molecule has 0 bridgehead atoms. The molecule has 2 N–H and O–H groups in total. The highest BCUT2D eigenvalue weighted by molar-refractivity contribution is 5.78. The van der Waals surface area contributed by atoms with E-state index in [1.807, 2.05) is 4.90 Å². The Morgan fingerprint density at radius 2 is 1.88 bits per heavy atom. The van der Waals surface area contributed by atoms with Gasteiger partial charge in [0.1, 0.15) is 0 Å². The van der Waals surface area contributed by atoms with E-state index in [0.717, 1.165) is 12.1 Å². The quantitative estimate of drug-likeness (QED) is 0.846. The maximum Gasteiger partial charge on any atom is 0.236 e. The van der Waals surface area contributed by atoms with E-state index in [-0.39, 0.29) is 12.5 Å². The Kier molecular flexibility index (Phi) is 5.16. The topological polar surface area (TPSA) is 46.3 Å². The van der Waals surface area contributed by atoms with Gasteiger partial charge in [0.05, 0.1) is 6.54 Å². The maximum absolute atomic E-state index is 11.7. The van der Waals surface area contributed by atoms with E-state index in [2.05, 4.69) is 45.0 Å². The van der Waals surface area contributed by atoms with Gasteiger partial charge in [-0.15, -0.1) is 0 Å². The van der Waals surface area contributed by atoms with Crippen LogP contribution in [0.2, 0.25) is 0 Å². The van der Waals surface area contributed by atoms with Crippen molar-refractivity contribution in [3.05, 3.63) is 35.4 Å². The van der Waals surface area contributed by atoms with Gasteiger partial charge in [0.15, 0.2) is 0 Å². The highest BCUT2D eigenvalue weighted by Crippen LogP contribution is 2.09. The summed E-state index contributed by atoms with van der Waals surface area (Å²) >= 11 is 0. The zero-order valence-corrected chi connectivity index (χ0v) is 10.9. The van der Waals surface area contributed by atoms with Crippen molar-refractivity contribution in [3.63, 3.8) is 0 Å². The Morgan fingerprint density at radius 3 is 2.35 bits per heavy atom. The van der Waals surface area contributed by atoms with Crippen molar-refractivity contribution in [3.8, 4) is 0 Å². The van der Waals surface area contributed by atoms with Crippen LogP contribution in [0.5, 0.6) is 0 Å². The maximum atomic E-state index is 11.7. The molecule has 0 aliphatic heterocycles. The molecule has 3 nitrogen and oxygen atoms in total. The van der Waals surface area contributed by atoms with Gasteiger partial charge < -0.3 is 10.6 Å². The average Bonchev–Trinajstić information content (AvgIpc) is 2.29. The normalized spacial score (nSPS) is 10.6. The van der Waals surface area contributed by atoms with Crippen LogP contribution in [-0.2, 0) is 11.3 Å². The first-order valence-electron chi connectivity index (χ1n) is 6.06. The van der Waals surface area contributed by atoms with Crippen molar-refractivity contribution in [2.45, 2.75) is 27.3 Å². The second-order valence-corrected chi connectivity index (χ2v) is 4.86. The molecule has 0 aliphatic carbocycles. The van der Waals surface area contributed by atoms with E-state index in [1.54, 1.807) is 0 Å². The largest absolute Gasteiger partial charge is 0.337 e. The minimum Gasteiger partial charge on any atom is -0.337 e. The Bertz CT molecular complexity index is 357. The van der Waals surface area contributed by atoms with Gasteiger partial charge in [-0.05, 0) is 18.4 Å². The van der Waals surface area contributed by atoms with E-state index in [1.165, 1.54) is 5.56 Å². The number of nitrogens with two attached hydrogens (primary N) is 1. The van der Waals surface area contributed by atoms with Gasteiger partial charge in [-0.2, -0.15) is 0 Å². The third kappa shape index (κ3) is 4.57. The third-order valence-electron chi connectivity index (χ3n) is 2.61. The lowest BCUT2D eigenvalue weighted by molar-refractivity contribution is -0.130. The second kappa shape index (κ2) is 6.40. The van der Waals surface area contributed by atoms with Crippen molar-refractivity contribution >= 4 is 5.91 Å². The molecule has 0 saturated carbocycles. The van der Waals surface area contributed by atoms with Crippen LogP contribution in [0.4, 0.5) is 0 Å². The van der Waals surface area contributed by atoms with Crippen molar-refractivity contribution < 1.29 is 4.79 Å². The van der Waals surface area contributed by atoms with Crippen LogP contribution in [0, 0.1) is 12.8 Å². The van der Waals surface area contributed by atoms with Gasteiger partial charge in [-0.3, -0.25) is 4.79 Å². The number of rotatable bonds is 5. The summed E-state index contributed by atoms with van der Waals surface area (Å²) in [5, 5.41) is 0. The average molecular weight is 234 g/mol. The minimum absolute atomic E-state index is 0.0132. The van der Waals surface area contributed by atoms with E-state index in [9.17, 15) is 4.79 Å². The number of carbonyl (C=O) groups excluding carboxylic acids is 1. The number of hydrogen-bond acceptors (Lipinski definition) is 2. The molecule has 0 unspecified atom stereocenters. The fourth-order valence-electron chi connectivity index (χ4n) is 1.74. The van der Waals surface area contributed by atoms with Gasteiger partial charge in [0.2, 0.25) is 5.91 Å². The van der Waals surface area contributed by atoms with Gasteiger partial charge >= 0.3 is 0 Å². The molecular formula is C14H22N2O. The fraction of sp³-hybridized carbons (Fsp3) is 0.500. The van der Waals surface area contributed by atoms with Crippen molar-refractivity contribution in [2.24, 2.45) is 11.7 Å². The monoisotopic (exact) mass is 234 g/mol. The number of amides is 1. The van der Waals surface area contributed by atoms with Crippen molar-refractivity contribution in [2.75, 3.05) is 13.1 Å². The Hall–Kier alpha value is -1.35. The first-order chi connectivity index (χ1) is 8.02. The first-order valence-corrected chi connectivity index (χ1v) is 6.06. The lowest BCUT2D eigenvalue weighted by Crippen LogP contribution is -2.37. The molecule has 1 aromatic rings. The smallest absolute Gasteiger partial charge is 0.236 e. The zero-order chi connectivity index (χ0) is 12.8. The van der Waals surface area contributed by atoms with Gasteiger partial charge in [-0.1, -0.05) is 43.7 Å². The second-order valence-electron chi connectivity index (χ2n) is 4.86. The van der Waals surface area contributed by atoms with Crippen LogP contribution in [0.1, 0.15) is 25.0 Å². The molecule has 0 atom stereocenters. The highest BCUT2D eigenvalue weighted by Gasteiger charge is 2.13. The van der Waals surface area contributed by atoms with Crippen molar-refractivity contribution in [1.29, 1.82) is 0 Å². The number of carbonyl (C=O) groups is 1. The van der Waals surface area contributed by atoms with Gasteiger partial charge in [0, 0.05) is 13.1 Å². The molecule has 94 valence electrons. The predicted octanol–water partition coefficient (Wildman–Crippen LogP) is 1.94. The molecular weight excluding hydrogens is 212 g/mol. The van der Waals surface area contributed by atoms with E-state index >= 15 is 0 Å². The van der Waals surface area contributed by atoms with Gasteiger partial charge in [0.25, 0.3) is 0 Å². The summed E-state index contributed by atoms with van der Waals surface area (Å²) < 4.78 is 0. The molecule has 3 heteroatoms. The Labute approximate surface area is 104 Å². The highest BCUT2D eigenvalue weighted by atomic mass is 16.2. The number of benzene rings is 1. The van der Waals surface area contributed by atoms with Crippen LogP contribution in [0.3, 0.4) is 0 Å². The summed E-state index contributed by atoms with van der Waals surface area (Å²) in [4.78, 5) is 13.5. The number of hydrogen-bond donors (Lipinski definition) is 1. The van der Waals surface area contributed by atoms with E-state index in [4.69, 9.17) is 5.73 Å². The Morgan fingerprint density at radius 1 is 1.29 bits per heavy atom.